The summed E-state index contributed by atoms with van der Waals surface area (Å²) in [6, 6.07) is 7.96. The van der Waals surface area contributed by atoms with Crippen LogP contribution in [0.1, 0.15) is 22.6 Å². The van der Waals surface area contributed by atoms with E-state index in [1.165, 1.54) is 0 Å². The molecule has 0 aliphatic carbocycles. The van der Waals surface area contributed by atoms with Crippen molar-refractivity contribution >= 4 is 16.8 Å². The van der Waals surface area contributed by atoms with Gasteiger partial charge >= 0.3 is 0 Å². The molecule has 2 heterocycles. The van der Waals surface area contributed by atoms with Gasteiger partial charge in [-0.3, -0.25) is 4.79 Å². The number of carbonyl (C=O) groups excluding carboxylic acids is 1. The summed E-state index contributed by atoms with van der Waals surface area (Å²) in [5.41, 5.74) is 3.81. The number of aromatic amines is 1. The topological polar surface area (TPSA) is 70.9 Å². The molecule has 0 aliphatic rings. The molecule has 0 bridgehead atoms. The van der Waals surface area contributed by atoms with Gasteiger partial charge in [0.25, 0.3) is 0 Å². The van der Waals surface area contributed by atoms with E-state index in [0.29, 0.717) is 13.0 Å². The molecule has 3 rings (SSSR count). The number of hydrogen-bond donors (Lipinski definition) is 2. The minimum Gasteiger partial charge on any atom is -0.361 e. The molecule has 1 amide bonds. The van der Waals surface area contributed by atoms with Gasteiger partial charge in [-0.1, -0.05) is 23.4 Å². The third kappa shape index (κ3) is 2.67. The van der Waals surface area contributed by atoms with Gasteiger partial charge in [-0.2, -0.15) is 0 Å². The summed E-state index contributed by atoms with van der Waals surface area (Å²) in [6.45, 7) is 4.17. The Morgan fingerprint density at radius 1 is 1.33 bits per heavy atom. The van der Waals surface area contributed by atoms with Crippen molar-refractivity contribution in [2.45, 2.75) is 26.8 Å². The van der Waals surface area contributed by atoms with Crippen LogP contribution in [-0.4, -0.2) is 16.0 Å². The summed E-state index contributed by atoms with van der Waals surface area (Å²) in [5, 5.41) is 7.88. The molecule has 3 aromatic rings. The molecular weight excluding hydrogens is 266 g/mol. The average molecular weight is 283 g/mol. The van der Waals surface area contributed by atoms with Crippen molar-refractivity contribution in [2.75, 3.05) is 0 Å². The smallest absolute Gasteiger partial charge is 0.224 e. The third-order valence-electron chi connectivity index (χ3n) is 3.67. The highest BCUT2D eigenvalue weighted by Gasteiger charge is 2.12. The zero-order valence-corrected chi connectivity index (χ0v) is 12.1. The second kappa shape index (κ2) is 5.44. The zero-order valence-electron chi connectivity index (χ0n) is 12.1. The number of rotatable bonds is 4. The lowest BCUT2D eigenvalue weighted by Gasteiger charge is -2.04. The number of hydrogen-bond acceptors (Lipinski definition) is 3. The molecule has 0 spiro atoms. The highest BCUT2D eigenvalue weighted by Crippen LogP contribution is 2.18. The summed E-state index contributed by atoms with van der Waals surface area (Å²) in [4.78, 5) is 15.3. The quantitative estimate of drug-likeness (QED) is 0.773. The van der Waals surface area contributed by atoms with E-state index in [1.54, 1.807) is 0 Å². The highest BCUT2D eigenvalue weighted by molar-refractivity contribution is 5.88. The van der Waals surface area contributed by atoms with E-state index in [4.69, 9.17) is 4.52 Å². The van der Waals surface area contributed by atoms with E-state index in [0.717, 1.165) is 33.5 Å². The van der Waals surface area contributed by atoms with Gasteiger partial charge in [-0.15, -0.1) is 0 Å². The minimum absolute atomic E-state index is 0.0141. The van der Waals surface area contributed by atoms with Crippen LogP contribution in [0.4, 0.5) is 0 Å². The molecule has 5 nitrogen and oxygen atoms in total. The van der Waals surface area contributed by atoms with Crippen LogP contribution in [0.3, 0.4) is 0 Å². The number of fused-ring (bicyclic) bond motifs is 1. The average Bonchev–Trinajstić information content (AvgIpc) is 3.02. The Balaban J connectivity index is 1.67. The first-order valence-electron chi connectivity index (χ1n) is 6.88. The van der Waals surface area contributed by atoms with Crippen LogP contribution < -0.4 is 5.32 Å². The predicted molar refractivity (Wildman–Crippen MR) is 79.8 cm³/mol. The standard InChI is InChI=1S/C16H17N3O2/c1-10-14(11(2)21-19-10)9-18-16(20)7-12-8-17-15-6-4-3-5-13(12)15/h3-6,8,17H,7,9H2,1-2H3,(H,18,20). The SMILES string of the molecule is Cc1noc(C)c1CNC(=O)Cc1c[nH]c2ccccc12. The predicted octanol–water partition coefficient (Wildman–Crippen LogP) is 2.63. The maximum absolute atomic E-state index is 12.1. The second-order valence-corrected chi connectivity index (χ2v) is 5.12. The molecule has 2 aromatic heterocycles. The molecule has 108 valence electrons. The van der Waals surface area contributed by atoms with Crippen molar-refractivity contribution in [1.82, 2.24) is 15.5 Å². The third-order valence-corrected chi connectivity index (χ3v) is 3.67. The molecule has 2 N–H and O–H groups in total. The van der Waals surface area contributed by atoms with E-state index in [2.05, 4.69) is 15.5 Å². The minimum atomic E-state index is -0.0141. The molecule has 0 radical (unpaired) electrons. The number of benzene rings is 1. The Hall–Kier alpha value is -2.56. The van der Waals surface area contributed by atoms with Crippen LogP contribution in [0.2, 0.25) is 0 Å². The normalized spacial score (nSPS) is 11.0. The van der Waals surface area contributed by atoms with Crippen LogP contribution in [0.5, 0.6) is 0 Å². The van der Waals surface area contributed by atoms with E-state index >= 15 is 0 Å². The second-order valence-electron chi connectivity index (χ2n) is 5.12. The lowest BCUT2D eigenvalue weighted by Crippen LogP contribution is -2.24. The fourth-order valence-corrected chi connectivity index (χ4v) is 2.45. The lowest BCUT2D eigenvalue weighted by atomic mass is 10.1. The monoisotopic (exact) mass is 283 g/mol. The number of nitrogens with zero attached hydrogens (tertiary/aromatic N) is 1. The van der Waals surface area contributed by atoms with Crippen LogP contribution in [0.25, 0.3) is 10.9 Å². The van der Waals surface area contributed by atoms with Gasteiger partial charge in [0.15, 0.2) is 0 Å². The molecule has 0 aliphatic heterocycles. The zero-order chi connectivity index (χ0) is 14.8. The van der Waals surface area contributed by atoms with Gasteiger partial charge in [0, 0.05) is 29.2 Å². The van der Waals surface area contributed by atoms with E-state index in [1.807, 2.05) is 44.3 Å². The molecule has 0 unspecified atom stereocenters. The van der Waals surface area contributed by atoms with Crippen molar-refractivity contribution in [1.29, 1.82) is 0 Å². The number of para-hydroxylation sites is 1. The van der Waals surface area contributed by atoms with Gasteiger partial charge in [-0.05, 0) is 25.5 Å². The van der Waals surface area contributed by atoms with Crippen molar-refractivity contribution in [2.24, 2.45) is 0 Å². The van der Waals surface area contributed by atoms with Crippen molar-refractivity contribution in [3.8, 4) is 0 Å². The first kappa shape index (κ1) is 13.4. The van der Waals surface area contributed by atoms with Crippen LogP contribution in [0.15, 0.2) is 35.0 Å². The Bertz CT molecular complexity index is 766. The highest BCUT2D eigenvalue weighted by atomic mass is 16.5. The van der Waals surface area contributed by atoms with Crippen molar-refractivity contribution < 1.29 is 9.32 Å². The summed E-state index contributed by atoms with van der Waals surface area (Å²) in [5.74, 6) is 0.736. The lowest BCUT2D eigenvalue weighted by molar-refractivity contribution is -0.120. The number of carbonyl (C=O) groups is 1. The Kier molecular flexibility index (Phi) is 3.48. The summed E-state index contributed by atoms with van der Waals surface area (Å²) < 4.78 is 5.08. The number of aromatic nitrogens is 2. The summed E-state index contributed by atoms with van der Waals surface area (Å²) >= 11 is 0. The number of nitrogens with one attached hydrogen (secondary N) is 2. The van der Waals surface area contributed by atoms with Gasteiger partial charge < -0.3 is 14.8 Å². The first-order valence-corrected chi connectivity index (χ1v) is 6.88. The Labute approximate surface area is 122 Å². The molecular formula is C16H17N3O2. The van der Waals surface area contributed by atoms with Gasteiger partial charge in [0.2, 0.25) is 5.91 Å². The fourth-order valence-electron chi connectivity index (χ4n) is 2.45. The summed E-state index contributed by atoms with van der Waals surface area (Å²) in [7, 11) is 0. The fraction of sp³-hybridized carbons (Fsp3) is 0.250. The van der Waals surface area contributed by atoms with Crippen molar-refractivity contribution in [3.63, 3.8) is 0 Å². The molecule has 0 saturated heterocycles. The first-order chi connectivity index (χ1) is 10.1. The number of H-pyrrole nitrogens is 1. The molecule has 0 fully saturated rings. The maximum Gasteiger partial charge on any atom is 0.224 e. The maximum atomic E-state index is 12.1. The summed E-state index contributed by atoms with van der Waals surface area (Å²) in [6.07, 6.45) is 2.24. The number of aryl methyl sites for hydroxylation is 2. The Morgan fingerprint density at radius 3 is 2.90 bits per heavy atom. The van der Waals surface area contributed by atoms with Crippen LogP contribution in [0, 0.1) is 13.8 Å². The van der Waals surface area contributed by atoms with E-state index in [-0.39, 0.29) is 5.91 Å². The van der Waals surface area contributed by atoms with Crippen LogP contribution >= 0.6 is 0 Å². The van der Waals surface area contributed by atoms with Gasteiger partial charge in [0.1, 0.15) is 5.76 Å². The van der Waals surface area contributed by atoms with Gasteiger partial charge in [0.05, 0.1) is 12.1 Å². The molecule has 0 atom stereocenters. The molecule has 5 heteroatoms. The molecule has 0 saturated carbocycles. The van der Waals surface area contributed by atoms with Crippen molar-refractivity contribution in [3.05, 3.63) is 53.0 Å². The molecule has 21 heavy (non-hydrogen) atoms. The Morgan fingerprint density at radius 2 is 2.14 bits per heavy atom. The molecule has 1 aromatic carbocycles. The van der Waals surface area contributed by atoms with E-state index < -0.39 is 0 Å². The van der Waals surface area contributed by atoms with Gasteiger partial charge in [-0.25, -0.2) is 0 Å². The van der Waals surface area contributed by atoms with E-state index in [9.17, 15) is 4.79 Å². The largest absolute Gasteiger partial charge is 0.361 e. The number of amides is 1. The van der Waals surface area contributed by atoms with Crippen LogP contribution in [-0.2, 0) is 17.8 Å².